The zero-order chi connectivity index (χ0) is 12.8. The van der Waals surface area contributed by atoms with Crippen molar-refractivity contribution < 1.29 is 15.1 Å². The highest BCUT2D eigenvalue weighted by Gasteiger charge is 2.06. The van der Waals surface area contributed by atoms with Gasteiger partial charge in [0.15, 0.2) is 0 Å². The van der Waals surface area contributed by atoms with Gasteiger partial charge in [0.1, 0.15) is 0 Å². The first-order valence-electron chi connectivity index (χ1n) is 5.99. The summed E-state index contributed by atoms with van der Waals surface area (Å²) in [6.45, 7) is 4.42. The molecule has 0 saturated heterocycles. The van der Waals surface area contributed by atoms with Crippen LogP contribution < -0.4 is 0 Å². The van der Waals surface area contributed by atoms with E-state index in [1.54, 1.807) is 0 Å². The molecule has 0 heterocycles. The van der Waals surface area contributed by atoms with Crippen molar-refractivity contribution in [3.63, 3.8) is 0 Å². The van der Waals surface area contributed by atoms with Crippen LogP contribution in [0, 0.1) is 17.2 Å². The van der Waals surface area contributed by atoms with Crippen LogP contribution in [0.15, 0.2) is 0 Å². The Morgan fingerprint density at radius 2 is 1.44 bits per heavy atom. The molecule has 0 aromatic carbocycles. The van der Waals surface area contributed by atoms with E-state index >= 15 is 0 Å². The van der Waals surface area contributed by atoms with Crippen molar-refractivity contribution in [1.29, 1.82) is 5.26 Å². The Morgan fingerprint density at radius 3 is 1.69 bits per heavy atom. The summed E-state index contributed by atoms with van der Waals surface area (Å²) in [6, 6.07) is 2.29. The van der Waals surface area contributed by atoms with Crippen LogP contribution in [0.4, 0.5) is 0 Å². The summed E-state index contributed by atoms with van der Waals surface area (Å²) >= 11 is 0. The highest BCUT2D eigenvalue weighted by atomic mass is 16.5. The van der Waals surface area contributed by atoms with Gasteiger partial charge in [-0.3, -0.25) is 0 Å². The number of hydrogen-bond donors (Lipinski definition) is 3. The molecular formula is C11H24BNO3. The fraction of sp³-hybridized carbons (Fsp3) is 0.909. The minimum atomic E-state index is -2.17. The minimum absolute atomic E-state index is 0.676. The maximum Gasteiger partial charge on any atom is 0.631 e. The van der Waals surface area contributed by atoms with Gasteiger partial charge in [-0.15, -0.1) is 0 Å². The fourth-order valence-electron chi connectivity index (χ4n) is 1.46. The molecule has 0 aromatic heterocycles. The van der Waals surface area contributed by atoms with Gasteiger partial charge in [0.2, 0.25) is 0 Å². The summed E-state index contributed by atoms with van der Waals surface area (Å²) in [5, 5.41) is 30.1. The van der Waals surface area contributed by atoms with E-state index in [1.807, 2.05) is 0 Å². The van der Waals surface area contributed by atoms with E-state index in [0.29, 0.717) is 5.92 Å². The molecule has 0 bridgehead atoms. The molecule has 0 aliphatic rings. The van der Waals surface area contributed by atoms with Crippen molar-refractivity contribution in [2.24, 2.45) is 5.92 Å². The molecule has 0 radical (unpaired) electrons. The van der Waals surface area contributed by atoms with E-state index in [1.165, 1.54) is 38.5 Å². The maximum atomic E-state index is 8.59. The molecule has 0 aromatic rings. The zero-order valence-electron chi connectivity index (χ0n) is 10.4. The van der Waals surface area contributed by atoms with Crippen molar-refractivity contribution in [2.45, 2.75) is 58.8 Å². The quantitative estimate of drug-likeness (QED) is 0.581. The van der Waals surface area contributed by atoms with Gasteiger partial charge in [-0.2, -0.15) is 5.26 Å². The summed E-state index contributed by atoms with van der Waals surface area (Å²) in [6.07, 6.45) is 8.36. The Bertz CT molecular complexity index is 160. The molecule has 5 heteroatoms. The second kappa shape index (κ2) is 14.4. The lowest BCUT2D eigenvalue weighted by atomic mass is 9.94. The first kappa shape index (κ1) is 17.8. The molecule has 0 fully saturated rings. The normalized spacial score (nSPS) is 9.31. The third-order valence-corrected chi connectivity index (χ3v) is 2.31. The van der Waals surface area contributed by atoms with Crippen LogP contribution in [-0.2, 0) is 0 Å². The summed E-state index contributed by atoms with van der Waals surface area (Å²) in [7, 11) is -2.17. The van der Waals surface area contributed by atoms with Gasteiger partial charge in [0.25, 0.3) is 0 Å². The Labute approximate surface area is 99.1 Å². The lowest BCUT2D eigenvalue weighted by molar-refractivity contribution is 0.278. The van der Waals surface area contributed by atoms with Crippen molar-refractivity contribution in [1.82, 2.24) is 0 Å². The van der Waals surface area contributed by atoms with Crippen molar-refractivity contribution in [3.05, 3.63) is 0 Å². The Morgan fingerprint density at radius 1 is 1.06 bits per heavy atom. The molecule has 3 N–H and O–H groups in total. The third kappa shape index (κ3) is 19.1. The number of nitriles is 1. The lowest BCUT2D eigenvalue weighted by Crippen LogP contribution is -2.07. The second-order valence-electron chi connectivity index (χ2n) is 3.86. The Hall–Kier alpha value is -0.565. The summed E-state index contributed by atoms with van der Waals surface area (Å²) in [5.74, 6) is 0.676. The number of unbranched alkanes of at least 4 members (excludes halogenated alkanes) is 2. The van der Waals surface area contributed by atoms with Gasteiger partial charge in [0.05, 0.1) is 6.07 Å². The molecule has 0 atom stereocenters. The van der Waals surface area contributed by atoms with E-state index in [-0.39, 0.29) is 0 Å². The van der Waals surface area contributed by atoms with Gasteiger partial charge >= 0.3 is 7.32 Å². The summed E-state index contributed by atoms with van der Waals surface area (Å²) < 4.78 is 0. The smallest absolute Gasteiger partial charge is 0.402 e. The predicted octanol–water partition coefficient (Wildman–Crippen LogP) is 1.84. The molecule has 0 aliphatic carbocycles. The minimum Gasteiger partial charge on any atom is -0.402 e. The SMILES string of the molecule is CCCCC(CC#N)CCCC.OB(O)O. The fourth-order valence-corrected chi connectivity index (χ4v) is 1.46. The van der Waals surface area contributed by atoms with Crippen molar-refractivity contribution >= 4 is 7.32 Å². The molecule has 0 unspecified atom stereocenters. The van der Waals surface area contributed by atoms with Crippen LogP contribution in [0.5, 0.6) is 0 Å². The van der Waals surface area contributed by atoms with Crippen LogP contribution >= 0.6 is 0 Å². The number of nitrogens with zero attached hydrogens (tertiary/aromatic N) is 1. The first-order valence-corrected chi connectivity index (χ1v) is 5.99. The molecule has 0 rings (SSSR count). The van der Waals surface area contributed by atoms with Gasteiger partial charge in [-0.1, -0.05) is 39.5 Å². The largest absolute Gasteiger partial charge is 0.631 e. The summed E-state index contributed by atoms with van der Waals surface area (Å²) in [4.78, 5) is 0. The topological polar surface area (TPSA) is 84.5 Å². The van der Waals surface area contributed by atoms with Gasteiger partial charge in [-0.25, -0.2) is 0 Å². The average Bonchev–Trinajstić information content (AvgIpc) is 2.21. The molecule has 4 nitrogen and oxygen atoms in total. The van der Waals surface area contributed by atoms with Crippen molar-refractivity contribution in [3.8, 4) is 6.07 Å². The van der Waals surface area contributed by atoms with Crippen molar-refractivity contribution in [2.75, 3.05) is 0 Å². The third-order valence-electron chi connectivity index (χ3n) is 2.31. The average molecular weight is 229 g/mol. The van der Waals surface area contributed by atoms with Gasteiger partial charge in [-0.05, 0) is 18.8 Å². The first-order chi connectivity index (χ1) is 7.58. The zero-order valence-corrected chi connectivity index (χ0v) is 10.4. The van der Waals surface area contributed by atoms with Gasteiger partial charge in [0, 0.05) is 6.42 Å². The van der Waals surface area contributed by atoms with Crippen LogP contribution in [-0.4, -0.2) is 22.4 Å². The van der Waals surface area contributed by atoms with E-state index in [0.717, 1.165) is 6.42 Å². The number of hydrogen-bond acceptors (Lipinski definition) is 4. The van der Waals surface area contributed by atoms with Crippen LogP contribution in [0.25, 0.3) is 0 Å². The van der Waals surface area contributed by atoms with E-state index < -0.39 is 7.32 Å². The molecule has 94 valence electrons. The van der Waals surface area contributed by atoms with E-state index in [2.05, 4.69) is 19.9 Å². The standard InChI is InChI=1S/C11H21N.BH3O3/c1-3-5-7-11(9-10-12)8-6-4-2;2-1(3)4/h11H,3-9H2,1-2H3;2-4H. The Kier molecular flexibility index (Phi) is 16.1. The maximum absolute atomic E-state index is 8.59. The van der Waals surface area contributed by atoms with E-state index in [4.69, 9.17) is 20.3 Å². The second-order valence-corrected chi connectivity index (χ2v) is 3.86. The molecule has 0 amide bonds. The van der Waals surface area contributed by atoms with Gasteiger partial charge < -0.3 is 15.1 Å². The Balaban J connectivity index is 0. The lowest BCUT2D eigenvalue weighted by Gasteiger charge is -2.11. The molecular weight excluding hydrogens is 205 g/mol. The molecule has 16 heavy (non-hydrogen) atoms. The predicted molar refractivity (Wildman–Crippen MR) is 65.2 cm³/mol. The number of rotatable bonds is 7. The molecule has 0 spiro atoms. The van der Waals surface area contributed by atoms with Crippen LogP contribution in [0.2, 0.25) is 0 Å². The van der Waals surface area contributed by atoms with Crippen LogP contribution in [0.1, 0.15) is 58.8 Å². The van der Waals surface area contributed by atoms with E-state index in [9.17, 15) is 0 Å². The van der Waals surface area contributed by atoms with Crippen LogP contribution in [0.3, 0.4) is 0 Å². The summed E-state index contributed by atoms with van der Waals surface area (Å²) in [5.41, 5.74) is 0. The highest BCUT2D eigenvalue weighted by molar-refractivity contribution is 6.30. The monoisotopic (exact) mass is 229 g/mol. The molecule has 0 saturated carbocycles. The highest BCUT2D eigenvalue weighted by Crippen LogP contribution is 2.18. The molecule has 0 aliphatic heterocycles.